The van der Waals surface area contributed by atoms with Gasteiger partial charge in [-0.1, -0.05) is 12.1 Å². The zero-order valence-electron chi connectivity index (χ0n) is 24.4. The Kier molecular flexibility index (Phi) is 8.10. The number of ether oxygens (including phenoxy) is 2. The van der Waals surface area contributed by atoms with E-state index in [1.165, 1.54) is 12.1 Å². The zero-order chi connectivity index (χ0) is 30.6. The van der Waals surface area contributed by atoms with E-state index >= 15 is 0 Å². The average Bonchev–Trinajstić information content (AvgIpc) is 3.06. The third-order valence-electron chi connectivity index (χ3n) is 7.63. The summed E-state index contributed by atoms with van der Waals surface area (Å²) in [5.41, 5.74) is 3.96. The van der Waals surface area contributed by atoms with E-state index in [0.29, 0.717) is 34.5 Å². The Morgan fingerprint density at radius 3 is 2.27 bits per heavy atom. The maximum absolute atomic E-state index is 14.1. The van der Waals surface area contributed by atoms with Gasteiger partial charge in [0.15, 0.2) is 0 Å². The van der Waals surface area contributed by atoms with Crippen LogP contribution in [0.3, 0.4) is 0 Å². The molecule has 0 spiro atoms. The van der Waals surface area contributed by atoms with Crippen molar-refractivity contribution in [3.8, 4) is 11.5 Å². The topological polar surface area (TPSA) is 138 Å². The number of nitro benzene ring substituents is 1. The van der Waals surface area contributed by atoms with Crippen molar-refractivity contribution in [3.05, 3.63) is 94.2 Å². The number of aromatic nitrogens is 2. The van der Waals surface area contributed by atoms with Gasteiger partial charge in [-0.2, -0.15) is 4.98 Å². The second kappa shape index (κ2) is 12.4. The second-order valence-electron chi connectivity index (χ2n) is 10.4. The van der Waals surface area contributed by atoms with Gasteiger partial charge in [-0.3, -0.25) is 19.9 Å². The lowest BCUT2D eigenvalue weighted by molar-refractivity contribution is -0.384. The highest BCUT2D eigenvalue weighted by atomic mass is 16.6. The number of carbonyl (C=O) groups is 1. The summed E-state index contributed by atoms with van der Waals surface area (Å²) in [6.45, 7) is 4.19. The van der Waals surface area contributed by atoms with Gasteiger partial charge in [-0.05, 0) is 29.8 Å². The van der Waals surface area contributed by atoms with Crippen LogP contribution < -0.4 is 34.8 Å². The number of methoxy groups -OCH3 is 2. The van der Waals surface area contributed by atoms with Crippen LogP contribution in [0.5, 0.6) is 11.5 Å². The van der Waals surface area contributed by atoms with Crippen LogP contribution in [-0.2, 0) is 13.1 Å². The highest BCUT2D eigenvalue weighted by molar-refractivity contribution is 6.05. The van der Waals surface area contributed by atoms with Crippen LogP contribution in [-0.4, -0.2) is 61.3 Å². The van der Waals surface area contributed by atoms with Crippen molar-refractivity contribution in [1.82, 2.24) is 15.3 Å². The number of piperazine rings is 1. The number of amides is 2. The summed E-state index contributed by atoms with van der Waals surface area (Å²) < 4.78 is 10.9. The number of urea groups is 1. The normalized spacial score (nSPS) is 14.7. The molecule has 3 heterocycles. The van der Waals surface area contributed by atoms with Gasteiger partial charge in [0.25, 0.3) is 5.69 Å². The van der Waals surface area contributed by atoms with Crippen molar-refractivity contribution in [2.24, 2.45) is 0 Å². The van der Waals surface area contributed by atoms with Crippen molar-refractivity contribution in [3.63, 3.8) is 0 Å². The molecule has 0 unspecified atom stereocenters. The fraction of sp³-hybridized carbons (Fsp3) is 0.258. The predicted octanol–water partition coefficient (Wildman–Crippen LogP) is 4.70. The minimum Gasteiger partial charge on any atom is -0.497 e. The number of hydrogen-bond donors (Lipinski definition) is 2. The van der Waals surface area contributed by atoms with Crippen LogP contribution in [0.1, 0.15) is 11.1 Å². The fourth-order valence-electron chi connectivity index (χ4n) is 5.28. The van der Waals surface area contributed by atoms with E-state index in [1.54, 1.807) is 60.5 Å². The molecule has 226 valence electrons. The van der Waals surface area contributed by atoms with Crippen molar-refractivity contribution in [2.75, 3.05) is 60.4 Å². The van der Waals surface area contributed by atoms with E-state index in [4.69, 9.17) is 14.5 Å². The number of nitrogens with zero attached hydrogens (tertiary/aromatic N) is 6. The summed E-state index contributed by atoms with van der Waals surface area (Å²) in [7, 11) is 3.10. The van der Waals surface area contributed by atoms with Crippen LogP contribution in [0.25, 0.3) is 0 Å². The molecule has 13 nitrogen and oxygen atoms in total. The smallest absolute Gasteiger partial charge is 0.330 e. The minimum atomic E-state index is -0.454. The summed E-state index contributed by atoms with van der Waals surface area (Å²) in [4.78, 5) is 39.7. The molecule has 2 N–H and O–H groups in total. The van der Waals surface area contributed by atoms with Crippen LogP contribution >= 0.6 is 0 Å². The molecule has 3 aromatic carbocycles. The van der Waals surface area contributed by atoms with Crippen LogP contribution in [0.2, 0.25) is 0 Å². The largest absolute Gasteiger partial charge is 0.497 e. The van der Waals surface area contributed by atoms with Crippen molar-refractivity contribution in [2.45, 2.75) is 13.1 Å². The summed E-state index contributed by atoms with van der Waals surface area (Å²) in [6, 6.07) is 19.2. The summed E-state index contributed by atoms with van der Waals surface area (Å²) >= 11 is 0. The molecule has 0 atom stereocenters. The Bertz CT molecular complexity index is 1640. The first kappa shape index (κ1) is 28.7. The van der Waals surface area contributed by atoms with E-state index in [9.17, 15) is 14.9 Å². The van der Waals surface area contributed by atoms with Gasteiger partial charge in [0.2, 0.25) is 5.95 Å². The number of non-ortho nitro benzene ring substituents is 1. The molecule has 2 aliphatic heterocycles. The van der Waals surface area contributed by atoms with Gasteiger partial charge in [0.05, 0.1) is 37.9 Å². The number of anilines is 5. The van der Waals surface area contributed by atoms with Gasteiger partial charge in [-0.25, -0.2) is 9.78 Å². The van der Waals surface area contributed by atoms with E-state index in [0.717, 1.165) is 43.1 Å². The lowest BCUT2D eigenvalue weighted by Gasteiger charge is -2.36. The summed E-state index contributed by atoms with van der Waals surface area (Å²) in [5.74, 6) is 1.88. The zero-order valence-corrected chi connectivity index (χ0v) is 24.4. The summed E-state index contributed by atoms with van der Waals surface area (Å²) in [6.07, 6.45) is 1.71. The number of nitrogens with one attached hydrogen (secondary N) is 2. The maximum Gasteiger partial charge on any atom is 0.330 e. The Labute approximate surface area is 254 Å². The number of rotatable bonds is 9. The average molecular weight is 597 g/mol. The van der Waals surface area contributed by atoms with Crippen molar-refractivity contribution < 1.29 is 19.2 Å². The number of fused-ring (bicyclic) bond motifs is 1. The molecule has 6 rings (SSSR count). The molecular formula is C31H32N8O5. The van der Waals surface area contributed by atoms with Gasteiger partial charge >= 0.3 is 6.03 Å². The van der Waals surface area contributed by atoms with Gasteiger partial charge in [-0.15, -0.1) is 0 Å². The SMILES string of the molecule is COc1cc(OC)cc(N2Cc3cnc(Nc4ccc(N5CCNCC5)cc4)nc3N(Cc3ccc([N+](=O)[O-])cc3)C2=O)c1. The van der Waals surface area contributed by atoms with Gasteiger partial charge in [0, 0.05) is 79.6 Å². The molecule has 1 aromatic heterocycles. The second-order valence-corrected chi connectivity index (χ2v) is 10.4. The number of benzene rings is 3. The molecule has 0 saturated carbocycles. The van der Waals surface area contributed by atoms with Gasteiger partial charge in [0.1, 0.15) is 17.3 Å². The van der Waals surface area contributed by atoms with Crippen molar-refractivity contribution >= 4 is 40.5 Å². The van der Waals surface area contributed by atoms with Crippen LogP contribution in [0, 0.1) is 10.1 Å². The fourth-order valence-corrected chi connectivity index (χ4v) is 5.28. The molecule has 0 bridgehead atoms. The van der Waals surface area contributed by atoms with Crippen LogP contribution in [0.15, 0.2) is 72.9 Å². The Hall–Kier alpha value is -5.43. The van der Waals surface area contributed by atoms with E-state index < -0.39 is 4.92 Å². The van der Waals surface area contributed by atoms with E-state index in [1.807, 2.05) is 12.1 Å². The molecule has 13 heteroatoms. The number of carbonyl (C=O) groups excluding carboxylic acids is 1. The standard InChI is InChI=1S/C31H32N8O5/c1-43-27-15-26(16-28(17-27)44-2)37-20-22-18-33-30(34-23-5-9-24(10-6-23)36-13-11-32-12-14-36)35-29(22)38(31(37)40)19-21-3-7-25(8-4-21)39(41)42/h3-10,15-18,32H,11-14,19-20H2,1-2H3,(H,33,34,35). The quantitative estimate of drug-likeness (QED) is 0.206. The molecule has 0 radical (unpaired) electrons. The molecule has 0 aliphatic carbocycles. The maximum atomic E-state index is 14.1. The Morgan fingerprint density at radius 2 is 1.64 bits per heavy atom. The van der Waals surface area contributed by atoms with Crippen molar-refractivity contribution in [1.29, 1.82) is 0 Å². The predicted molar refractivity (Wildman–Crippen MR) is 167 cm³/mol. The molecule has 1 fully saturated rings. The molecule has 2 amide bonds. The first-order valence-corrected chi connectivity index (χ1v) is 14.2. The van der Waals surface area contributed by atoms with Crippen LogP contribution in [0.4, 0.5) is 39.3 Å². The third-order valence-corrected chi connectivity index (χ3v) is 7.63. The first-order chi connectivity index (χ1) is 21.4. The molecular weight excluding hydrogens is 564 g/mol. The molecule has 44 heavy (non-hydrogen) atoms. The number of nitro groups is 1. The highest BCUT2D eigenvalue weighted by Crippen LogP contribution is 2.36. The number of hydrogen-bond acceptors (Lipinski definition) is 10. The molecule has 2 aliphatic rings. The molecule has 1 saturated heterocycles. The van der Waals surface area contributed by atoms with E-state index in [-0.39, 0.29) is 24.8 Å². The third kappa shape index (κ3) is 6.03. The Balaban J connectivity index is 1.31. The lowest BCUT2D eigenvalue weighted by atomic mass is 10.1. The van der Waals surface area contributed by atoms with E-state index in [2.05, 4.69) is 32.7 Å². The first-order valence-electron chi connectivity index (χ1n) is 14.2. The Morgan fingerprint density at radius 1 is 0.955 bits per heavy atom. The molecule has 4 aromatic rings. The minimum absolute atomic E-state index is 0.0268. The lowest BCUT2D eigenvalue weighted by Crippen LogP contribution is -2.47. The monoisotopic (exact) mass is 596 g/mol. The highest BCUT2D eigenvalue weighted by Gasteiger charge is 2.34. The van der Waals surface area contributed by atoms with Gasteiger partial charge < -0.3 is 25.0 Å². The summed E-state index contributed by atoms with van der Waals surface area (Å²) in [5, 5.41) is 17.8.